The molecule has 1 aliphatic heterocycles. The number of carbonyl (C=O) groups is 2. The lowest BCUT2D eigenvalue weighted by molar-refractivity contribution is -0.140. The number of benzene rings is 2. The van der Waals surface area contributed by atoms with Crippen molar-refractivity contribution in [2.45, 2.75) is 13.0 Å². The van der Waals surface area contributed by atoms with Crippen LogP contribution in [0.5, 0.6) is 5.75 Å². The topological polar surface area (TPSA) is 67.9 Å². The van der Waals surface area contributed by atoms with E-state index in [1.165, 1.54) is 4.90 Å². The van der Waals surface area contributed by atoms with Crippen molar-refractivity contribution < 1.29 is 19.1 Å². The monoisotopic (exact) mass is 366 g/mol. The van der Waals surface area contributed by atoms with Crippen LogP contribution in [-0.2, 0) is 9.53 Å². The Hall–Kier alpha value is -3.28. The molecule has 0 saturated heterocycles. The first-order valence-corrected chi connectivity index (χ1v) is 8.73. The molecule has 0 saturated carbocycles. The van der Waals surface area contributed by atoms with Crippen LogP contribution in [0.2, 0.25) is 0 Å². The maximum absolute atomic E-state index is 12.7. The van der Waals surface area contributed by atoms with Crippen molar-refractivity contribution >= 4 is 12.0 Å². The summed E-state index contributed by atoms with van der Waals surface area (Å²) in [6.07, 6.45) is 0. The van der Waals surface area contributed by atoms with Gasteiger partial charge in [-0.05, 0) is 24.6 Å². The molecule has 3 rings (SSSR count). The Morgan fingerprint density at radius 3 is 2.33 bits per heavy atom. The van der Waals surface area contributed by atoms with Crippen molar-refractivity contribution in [3.8, 4) is 5.75 Å². The van der Waals surface area contributed by atoms with Crippen molar-refractivity contribution in [1.29, 1.82) is 0 Å². The molecule has 2 aromatic rings. The van der Waals surface area contributed by atoms with Crippen LogP contribution in [0.3, 0.4) is 0 Å². The predicted molar refractivity (Wildman–Crippen MR) is 101 cm³/mol. The fraction of sp³-hybridized carbons (Fsp3) is 0.238. The zero-order valence-corrected chi connectivity index (χ0v) is 15.3. The molecular formula is C21H22N2O4. The van der Waals surface area contributed by atoms with Crippen molar-refractivity contribution in [2.75, 3.05) is 20.3 Å². The Bertz CT molecular complexity index is 834. The van der Waals surface area contributed by atoms with Crippen LogP contribution in [-0.4, -0.2) is 37.2 Å². The molecule has 1 heterocycles. The minimum Gasteiger partial charge on any atom is -0.490 e. The fourth-order valence-corrected chi connectivity index (χ4v) is 2.88. The second-order valence-electron chi connectivity index (χ2n) is 6.15. The summed E-state index contributed by atoms with van der Waals surface area (Å²) < 4.78 is 11.0. The van der Waals surface area contributed by atoms with Crippen LogP contribution >= 0.6 is 0 Å². The first-order valence-electron chi connectivity index (χ1n) is 8.73. The third kappa shape index (κ3) is 4.28. The van der Waals surface area contributed by atoms with E-state index in [1.54, 1.807) is 14.0 Å². The Morgan fingerprint density at radius 2 is 1.67 bits per heavy atom. The minimum absolute atomic E-state index is 0.115. The third-order valence-corrected chi connectivity index (χ3v) is 4.44. The predicted octanol–water partition coefficient (Wildman–Crippen LogP) is 3.28. The lowest BCUT2D eigenvalue weighted by Crippen LogP contribution is -2.46. The number of nitrogens with one attached hydrogen (secondary N) is 1. The number of urea groups is 1. The molecule has 0 fully saturated rings. The van der Waals surface area contributed by atoms with Gasteiger partial charge in [0.1, 0.15) is 19.0 Å². The number of hydrogen-bond acceptors (Lipinski definition) is 4. The molecule has 2 aromatic carbocycles. The van der Waals surface area contributed by atoms with Gasteiger partial charge in [0.15, 0.2) is 0 Å². The van der Waals surface area contributed by atoms with Gasteiger partial charge in [0.05, 0.1) is 11.6 Å². The van der Waals surface area contributed by atoms with E-state index in [1.807, 2.05) is 60.7 Å². The van der Waals surface area contributed by atoms with Crippen LogP contribution in [0.1, 0.15) is 18.5 Å². The first-order chi connectivity index (χ1) is 13.1. The summed E-state index contributed by atoms with van der Waals surface area (Å²) in [6.45, 7) is 2.11. The SMILES string of the molecule is CC1=C(C(=O)OCCOc2ccccc2)C(c2ccccc2)NC(=O)N1C. The minimum atomic E-state index is -0.544. The first kappa shape index (κ1) is 18.5. The molecule has 140 valence electrons. The van der Waals surface area contributed by atoms with Gasteiger partial charge < -0.3 is 19.7 Å². The number of ether oxygens (including phenoxy) is 2. The second kappa shape index (κ2) is 8.40. The van der Waals surface area contributed by atoms with Crippen LogP contribution in [0.25, 0.3) is 0 Å². The largest absolute Gasteiger partial charge is 0.490 e. The van der Waals surface area contributed by atoms with Gasteiger partial charge in [-0.2, -0.15) is 0 Å². The summed E-state index contributed by atoms with van der Waals surface area (Å²) in [5, 5.41) is 2.86. The lowest BCUT2D eigenvalue weighted by atomic mass is 9.95. The van der Waals surface area contributed by atoms with E-state index in [0.29, 0.717) is 11.3 Å². The molecule has 6 nitrogen and oxygen atoms in total. The normalized spacial score (nSPS) is 16.7. The van der Waals surface area contributed by atoms with Crippen LogP contribution in [0, 0.1) is 0 Å². The second-order valence-corrected chi connectivity index (χ2v) is 6.15. The van der Waals surface area contributed by atoms with Gasteiger partial charge in [0.2, 0.25) is 0 Å². The number of nitrogens with zero attached hydrogens (tertiary/aromatic N) is 1. The van der Waals surface area contributed by atoms with Crippen LogP contribution in [0.15, 0.2) is 71.9 Å². The molecule has 1 aliphatic rings. The number of para-hydroxylation sites is 1. The average molecular weight is 366 g/mol. The van der Waals surface area contributed by atoms with Crippen molar-refractivity contribution in [3.05, 3.63) is 77.5 Å². The number of hydrogen-bond donors (Lipinski definition) is 1. The molecule has 27 heavy (non-hydrogen) atoms. The van der Waals surface area contributed by atoms with Gasteiger partial charge in [-0.3, -0.25) is 0 Å². The summed E-state index contributed by atoms with van der Waals surface area (Å²) >= 11 is 0. The van der Waals surface area contributed by atoms with E-state index in [4.69, 9.17) is 9.47 Å². The standard InChI is InChI=1S/C21H22N2O4/c1-15-18(20(24)27-14-13-26-17-11-7-4-8-12-17)19(22-21(25)23(15)2)16-9-5-3-6-10-16/h3-12,19H,13-14H2,1-2H3,(H,22,25). The molecular weight excluding hydrogens is 344 g/mol. The molecule has 1 unspecified atom stereocenters. The van der Waals surface area contributed by atoms with E-state index in [-0.39, 0.29) is 19.2 Å². The number of amides is 2. The molecule has 0 aliphatic carbocycles. The Labute approximate surface area is 158 Å². The molecule has 1 atom stereocenters. The summed E-state index contributed by atoms with van der Waals surface area (Å²) in [5.74, 6) is 0.251. The zero-order valence-electron chi connectivity index (χ0n) is 15.3. The fourth-order valence-electron chi connectivity index (χ4n) is 2.88. The number of esters is 1. The van der Waals surface area contributed by atoms with Crippen LogP contribution in [0.4, 0.5) is 4.79 Å². The maximum Gasteiger partial charge on any atom is 0.338 e. The van der Waals surface area contributed by atoms with E-state index in [9.17, 15) is 9.59 Å². The molecule has 6 heteroatoms. The molecule has 0 bridgehead atoms. The highest BCUT2D eigenvalue weighted by molar-refractivity contribution is 5.94. The van der Waals surface area contributed by atoms with E-state index < -0.39 is 12.0 Å². The van der Waals surface area contributed by atoms with Crippen molar-refractivity contribution in [1.82, 2.24) is 10.2 Å². The highest BCUT2D eigenvalue weighted by Gasteiger charge is 2.34. The molecule has 0 aromatic heterocycles. The van der Waals surface area contributed by atoms with Crippen LogP contribution < -0.4 is 10.1 Å². The smallest absolute Gasteiger partial charge is 0.338 e. The van der Waals surface area contributed by atoms with Gasteiger partial charge >= 0.3 is 12.0 Å². The van der Waals surface area contributed by atoms with Gasteiger partial charge in [-0.15, -0.1) is 0 Å². The Balaban J connectivity index is 1.70. The summed E-state index contributed by atoms with van der Waals surface area (Å²) in [5.41, 5.74) is 1.82. The highest BCUT2D eigenvalue weighted by Crippen LogP contribution is 2.30. The zero-order chi connectivity index (χ0) is 19.2. The van der Waals surface area contributed by atoms with E-state index in [0.717, 1.165) is 11.3 Å². The molecule has 0 spiro atoms. The number of carbonyl (C=O) groups excluding carboxylic acids is 2. The van der Waals surface area contributed by atoms with Gasteiger partial charge in [-0.1, -0.05) is 48.5 Å². The van der Waals surface area contributed by atoms with Gasteiger partial charge in [0, 0.05) is 12.7 Å². The van der Waals surface area contributed by atoms with Crippen molar-refractivity contribution in [2.24, 2.45) is 0 Å². The average Bonchev–Trinajstić information content (AvgIpc) is 2.70. The van der Waals surface area contributed by atoms with Gasteiger partial charge in [0.25, 0.3) is 0 Å². The molecule has 1 N–H and O–H groups in total. The third-order valence-electron chi connectivity index (χ3n) is 4.44. The summed E-state index contributed by atoms with van der Waals surface area (Å²) in [6, 6.07) is 17.9. The summed E-state index contributed by atoms with van der Waals surface area (Å²) in [7, 11) is 1.62. The number of rotatable bonds is 6. The van der Waals surface area contributed by atoms with Crippen molar-refractivity contribution in [3.63, 3.8) is 0 Å². The van der Waals surface area contributed by atoms with E-state index >= 15 is 0 Å². The molecule has 2 amide bonds. The maximum atomic E-state index is 12.7. The summed E-state index contributed by atoms with van der Waals surface area (Å²) in [4.78, 5) is 26.3. The number of allylic oxidation sites excluding steroid dienone is 1. The van der Waals surface area contributed by atoms with E-state index in [2.05, 4.69) is 5.32 Å². The van der Waals surface area contributed by atoms with Gasteiger partial charge in [-0.25, -0.2) is 9.59 Å². The quantitative estimate of drug-likeness (QED) is 0.629. The Kier molecular flexibility index (Phi) is 5.76. The highest BCUT2D eigenvalue weighted by atomic mass is 16.6. The molecule has 0 radical (unpaired) electrons. The Morgan fingerprint density at radius 1 is 1.04 bits per heavy atom. The lowest BCUT2D eigenvalue weighted by Gasteiger charge is -2.33.